The Morgan fingerprint density at radius 3 is 0.857 bits per heavy atom. The van der Waals surface area contributed by atoms with Gasteiger partial charge >= 0.3 is 23.9 Å². The Kier molecular flexibility index (Phi) is 8.03. The number of carboxylic acid groups (broad SMARTS) is 4. The summed E-state index contributed by atoms with van der Waals surface area (Å²) >= 11 is 0. The van der Waals surface area contributed by atoms with Gasteiger partial charge in [0.25, 0.3) is 0 Å². The molecule has 0 rings (SSSR count). The van der Waals surface area contributed by atoms with E-state index in [1.807, 2.05) is 0 Å². The lowest BCUT2D eigenvalue weighted by molar-refractivity contribution is -0.138. The van der Waals surface area contributed by atoms with Gasteiger partial charge in [0, 0.05) is 25.7 Å². The van der Waals surface area contributed by atoms with Crippen LogP contribution in [-0.2, 0) is 19.2 Å². The van der Waals surface area contributed by atoms with Crippen LogP contribution in [0.5, 0.6) is 0 Å². The van der Waals surface area contributed by atoms with Gasteiger partial charge in [-0.15, -0.1) is 0 Å². The average molecular weight is 304 g/mol. The minimum atomic E-state index is -1.08. The van der Waals surface area contributed by atoms with Gasteiger partial charge in [-0.25, -0.2) is 0 Å². The first-order valence-corrected chi connectivity index (χ1v) is 6.54. The third-order valence-corrected chi connectivity index (χ3v) is 3.48. The van der Waals surface area contributed by atoms with Gasteiger partial charge in [0.15, 0.2) is 0 Å². The zero-order valence-corrected chi connectivity index (χ0v) is 11.6. The fraction of sp³-hybridized carbons (Fsp3) is 0.692. The topological polar surface area (TPSA) is 149 Å². The Bertz CT molecular complexity index is 323. The summed E-state index contributed by atoms with van der Waals surface area (Å²) in [6, 6.07) is 0. The molecule has 0 heterocycles. The minimum absolute atomic E-state index is 0.0656. The normalized spacial score (nSPS) is 11.0. The second kappa shape index (κ2) is 8.93. The van der Waals surface area contributed by atoms with Gasteiger partial charge in [0.1, 0.15) is 0 Å². The van der Waals surface area contributed by atoms with Crippen LogP contribution in [0.4, 0.5) is 0 Å². The molecule has 0 aliphatic carbocycles. The number of hydrogen-bond acceptors (Lipinski definition) is 4. The zero-order valence-electron chi connectivity index (χ0n) is 11.6. The molecule has 21 heavy (non-hydrogen) atoms. The summed E-state index contributed by atoms with van der Waals surface area (Å²) in [7, 11) is 0. The molecule has 0 saturated carbocycles. The van der Waals surface area contributed by atoms with Crippen LogP contribution in [0.3, 0.4) is 0 Å². The van der Waals surface area contributed by atoms with Gasteiger partial charge in [0.2, 0.25) is 0 Å². The van der Waals surface area contributed by atoms with E-state index in [1.54, 1.807) is 0 Å². The van der Waals surface area contributed by atoms with Crippen LogP contribution >= 0.6 is 0 Å². The number of aliphatic carboxylic acids is 4. The molecule has 0 unspecified atom stereocenters. The molecule has 0 aliphatic rings. The molecule has 0 amide bonds. The van der Waals surface area contributed by atoms with Gasteiger partial charge in [-0.3, -0.25) is 19.2 Å². The predicted octanol–water partition coefficient (Wildman–Crippen LogP) is 1.43. The Hall–Kier alpha value is -2.12. The van der Waals surface area contributed by atoms with Crippen LogP contribution in [0.2, 0.25) is 0 Å². The first-order chi connectivity index (χ1) is 9.67. The Labute approximate surface area is 121 Å². The minimum Gasteiger partial charge on any atom is -0.481 e. The third-order valence-electron chi connectivity index (χ3n) is 3.48. The number of carbonyl (C=O) groups is 4. The second-order valence-electron chi connectivity index (χ2n) is 5.07. The van der Waals surface area contributed by atoms with Gasteiger partial charge in [-0.2, -0.15) is 0 Å². The van der Waals surface area contributed by atoms with E-state index in [0.717, 1.165) is 0 Å². The molecule has 120 valence electrons. The van der Waals surface area contributed by atoms with E-state index in [4.69, 9.17) is 20.4 Å². The number of rotatable bonds is 12. The van der Waals surface area contributed by atoms with E-state index >= 15 is 0 Å². The van der Waals surface area contributed by atoms with Crippen LogP contribution in [0, 0.1) is 5.41 Å². The Balaban J connectivity index is 5.02. The molecule has 0 aliphatic heterocycles. The largest absolute Gasteiger partial charge is 0.481 e. The van der Waals surface area contributed by atoms with Crippen molar-refractivity contribution < 1.29 is 39.6 Å². The van der Waals surface area contributed by atoms with E-state index in [2.05, 4.69) is 0 Å². The van der Waals surface area contributed by atoms with Crippen molar-refractivity contribution in [2.45, 2.75) is 51.4 Å². The predicted molar refractivity (Wildman–Crippen MR) is 69.9 cm³/mol. The summed E-state index contributed by atoms with van der Waals surface area (Å²) in [5, 5.41) is 35.0. The smallest absolute Gasteiger partial charge is 0.303 e. The number of hydrogen-bond donors (Lipinski definition) is 4. The quantitative estimate of drug-likeness (QED) is 0.423. The molecule has 0 aromatic carbocycles. The van der Waals surface area contributed by atoms with Crippen molar-refractivity contribution in [3.8, 4) is 0 Å². The lowest BCUT2D eigenvalue weighted by Crippen LogP contribution is -2.26. The van der Waals surface area contributed by atoms with E-state index in [1.165, 1.54) is 0 Å². The number of carboxylic acids is 4. The highest BCUT2D eigenvalue weighted by Gasteiger charge is 2.32. The van der Waals surface area contributed by atoms with Crippen LogP contribution < -0.4 is 0 Å². The fourth-order valence-corrected chi connectivity index (χ4v) is 2.24. The van der Waals surface area contributed by atoms with Gasteiger partial charge in [0.05, 0.1) is 0 Å². The molecule has 0 radical (unpaired) electrons. The molecule has 8 nitrogen and oxygen atoms in total. The summed E-state index contributed by atoms with van der Waals surface area (Å²) in [5.41, 5.74) is -0.895. The molecule has 0 aromatic rings. The van der Waals surface area contributed by atoms with Crippen molar-refractivity contribution >= 4 is 23.9 Å². The molecule has 0 atom stereocenters. The molecular formula is C13H20O8. The van der Waals surface area contributed by atoms with Gasteiger partial charge in [-0.1, -0.05) is 0 Å². The molecule has 4 N–H and O–H groups in total. The molecular weight excluding hydrogens is 284 g/mol. The van der Waals surface area contributed by atoms with E-state index in [0.29, 0.717) is 0 Å². The van der Waals surface area contributed by atoms with Crippen LogP contribution in [0.15, 0.2) is 0 Å². The molecule has 0 bridgehead atoms. The highest BCUT2D eigenvalue weighted by molar-refractivity contribution is 5.69. The lowest BCUT2D eigenvalue weighted by Gasteiger charge is -2.32. The van der Waals surface area contributed by atoms with E-state index in [-0.39, 0.29) is 51.4 Å². The first-order valence-electron chi connectivity index (χ1n) is 6.54. The summed E-state index contributed by atoms with van der Waals surface area (Å²) in [4.78, 5) is 42.8. The van der Waals surface area contributed by atoms with Crippen molar-refractivity contribution in [1.82, 2.24) is 0 Å². The van der Waals surface area contributed by atoms with E-state index < -0.39 is 29.3 Å². The average Bonchev–Trinajstić information content (AvgIpc) is 2.36. The SMILES string of the molecule is O=C(O)CCC(CCC(=O)O)(CCC(=O)O)CCC(=O)O. The van der Waals surface area contributed by atoms with Crippen molar-refractivity contribution in [3.63, 3.8) is 0 Å². The standard InChI is InChI=1S/C13H20O8/c14-9(15)1-5-13(6-2-10(16)17,7-3-11(18)19)8-4-12(20)21/h1-8H2,(H,14,15)(H,16,17)(H,18,19)(H,20,21). The van der Waals surface area contributed by atoms with Crippen LogP contribution in [-0.4, -0.2) is 44.3 Å². The third kappa shape index (κ3) is 9.42. The maximum atomic E-state index is 10.7. The molecule has 0 spiro atoms. The van der Waals surface area contributed by atoms with Gasteiger partial charge < -0.3 is 20.4 Å². The molecule has 8 heteroatoms. The van der Waals surface area contributed by atoms with Crippen molar-refractivity contribution in [3.05, 3.63) is 0 Å². The molecule has 0 fully saturated rings. The fourth-order valence-electron chi connectivity index (χ4n) is 2.24. The Morgan fingerprint density at radius 1 is 0.524 bits per heavy atom. The van der Waals surface area contributed by atoms with Crippen LogP contribution in [0.25, 0.3) is 0 Å². The second-order valence-corrected chi connectivity index (χ2v) is 5.07. The highest BCUT2D eigenvalue weighted by Crippen LogP contribution is 2.39. The van der Waals surface area contributed by atoms with Crippen molar-refractivity contribution in [1.29, 1.82) is 0 Å². The Morgan fingerprint density at radius 2 is 0.714 bits per heavy atom. The van der Waals surface area contributed by atoms with E-state index in [9.17, 15) is 19.2 Å². The summed E-state index contributed by atoms with van der Waals surface area (Å²) in [5.74, 6) is -4.33. The monoisotopic (exact) mass is 304 g/mol. The maximum absolute atomic E-state index is 10.7. The summed E-state index contributed by atoms with van der Waals surface area (Å²) in [6.45, 7) is 0. The maximum Gasteiger partial charge on any atom is 0.303 e. The summed E-state index contributed by atoms with van der Waals surface area (Å²) < 4.78 is 0. The van der Waals surface area contributed by atoms with Crippen LogP contribution in [0.1, 0.15) is 51.4 Å². The molecule has 0 aromatic heterocycles. The zero-order chi connectivity index (χ0) is 16.5. The lowest BCUT2D eigenvalue weighted by atomic mass is 9.72. The molecule has 0 saturated heterocycles. The first kappa shape index (κ1) is 18.9. The van der Waals surface area contributed by atoms with Crippen molar-refractivity contribution in [2.24, 2.45) is 5.41 Å². The highest BCUT2D eigenvalue weighted by atomic mass is 16.4. The van der Waals surface area contributed by atoms with Crippen molar-refractivity contribution in [2.75, 3.05) is 0 Å². The summed E-state index contributed by atoms with van der Waals surface area (Å²) in [6.07, 6.45) is -0.742. The van der Waals surface area contributed by atoms with Gasteiger partial charge in [-0.05, 0) is 31.1 Å².